The van der Waals surface area contributed by atoms with Gasteiger partial charge in [-0.2, -0.15) is 0 Å². The van der Waals surface area contributed by atoms with Gasteiger partial charge in [-0.1, -0.05) is 18.2 Å². The molecule has 0 aliphatic carbocycles. The van der Waals surface area contributed by atoms with Crippen LogP contribution in [0, 0.1) is 5.92 Å². The highest BCUT2D eigenvalue weighted by Crippen LogP contribution is 2.21. The van der Waals surface area contributed by atoms with Crippen LogP contribution < -0.4 is 0 Å². The molecule has 4 nitrogen and oxygen atoms in total. The summed E-state index contributed by atoms with van der Waals surface area (Å²) in [6.45, 7) is 2.43. The van der Waals surface area contributed by atoms with E-state index >= 15 is 0 Å². The number of fused-ring (bicyclic) bond motifs is 1. The maximum atomic E-state index is 12.4. The average Bonchev–Trinajstić information content (AvgIpc) is 3.07. The molecule has 0 spiro atoms. The third kappa shape index (κ3) is 2.56. The molecule has 1 saturated heterocycles. The zero-order valence-electron chi connectivity index (χ0n) is 11.8. The Balaban J connectivity index is 1.67. The lowest BCUT2D eigenvalue weighted by atomic mass is 10.1. The summed E-state index contributed by atoms with van der Waals surface area (Å²) in [5.74, 6) is 0.709. The number of ether oxygens (including phenoxy) is 1. The number of aromatic amines is 1. The second-order valence-corrected chi connectivity index (χ2v) is 5.49. The van der Waals surface area contributed by atoms with Gasteiger partial charge in [-0.25, -0.2) is 0 Å². The van der Waals surface area contributed by atoms with Crippen molar-refractivity contribution in [1.82, 2.24) is 9.88 Å². The Kier molecular flexibility index (Phi) is 3.74. The number of likely N-dealkylation sites (tertiary alicyclic amines) is 1. The fourth-order valence-corrected chi connectivity index (χ4v) is 2.98. The fraction of sp³-hybridized carbons (Fsp3) is 0.438. The van der Waals surface area contributed by atoms with E-state index in [1.54, 1.807) is 7.11 Å². The van der Waals surface area contributed by atoms with Gasteiger partial charge in [0.05, 0.1) is 13.0 Å². The van der Waals surface area contributed by atoms with Crippen molar-refractivity contribution in [1.29, 1.82) is 0 Å². The molecule has 1 fully saturated rings. The van der Waals surface area contributed by atoms with Gasteiger partial charge in [-0.05, 0) is 18.1 Å². The van der Waals surface area contributed by atoms with Gasteiger partial charge in [0.25, 0.3) is 0 Å². The predicted octanol–water partition coefficient (Wildman–Crippen LogP) is 2.21. The average molecular weight is 272 g/mol. The van der Waals surface area contributed by atoms with Gasteiger partial charge in [0.2, 0.25) is 5.91 Å². The highest BCUT2D eigenvalue weighted by molar-refractivity contribution is 5.88. The number of benzene rings is 1. The van der Waals surface area contributed by atoms with Gasteiger partial charge in [-0.3, -0.25) is 4.79 Å². The second-order valence-electron chi connectivity index (χ2n) is 5.49. The van der Waals surface area contributed by atoms with Crippen LogP contribution in [0.25, 0.3) is 10.9 Å². The Morgan fingerprint density at radius 3 is 3.15 bits per heavy atom. The molecule has 2 heterocycles. The van der Waals surface area contributed by atoms with Crippen LogP contribution in [0.15, 0.2) is 30.5 Å². The molecule has 1 aromatic heterocycles. The Bertz CT molecular complexity index is 605. The Labute approximate surface area is 118 Å². The number of amides is 1. The van der Waals surface area contributed by atoms with E-state index in [9.17, 15) is 4.79 Å². The quantitative estimate of drug-likeness (QED) is 0.927. The molecule has 1 aromatic carbocycles. The van der Waals surface area contributed by atoms with E-state index in [1.807, 2.05) is 29.3 Å². The maximum Gasteiger partial charge on any atom is 0.227 e. The molecule has 1 aliphatic heterocycles. The standard InChI is InChI=1S/C16H20N2O2/c1-20-11-12-6-7-18(10-12)16(19)8-13-9-17-15-5-3-2-4-14(13)15/h2-5,9,12,17H,6-8,10-11H2,1H3. The number of carbonyl (C=O) groups excluding carboxylic acids is 1. The molecule has 0 saturated carbocycles. The van der Waals surface area contributed by atoms with Gasteiger partial charge in [-0.15, -0.1) is 0 Å². The summed E-state index contributed by atoms with van der Waals surface area (Å²) in [5.41, 5.74) is 2.18. The van der Waals surface area contributed by atoms with Crippen molar-refractivity contribution in [2.45, 2.75) is 12.8 Å². The van der Waals surface area contributed by atoms with Crippen molar-refractivity contribution in [2.75, 3.05) is 26.8 Å². The van der Waals surface area contributed by atoms with Crippen molar-refractivity contribution in [3.05, 3.63) is 36.0 Å². The first-order chi connectivity index (χ1) is 9.78. The Hall–Kier alpha value is -1.81. The SMILES string of the molecule is COCC1CCN(C(=O)Cc2c[nH]c3ccccc23)C1. The minimum Gasteiger partial charge on any atom is -0.384 e. The molecular weight excluding hydrogens is 252 g/mol. The number of carbonyl (C=O) groups is 1. The van der Waals surface area contributed by atoms with Crippen LogP contribution in [0.5, 0.6) is 0 Å². The van der Waals surface area contributed by atoms with Crippen molar-refractivity contribution in [2.24, 2.45) is 5.92 Å². The number of methoxy groups -OCH3 is 1. The first-order valence-corrected chi connectivity index (χ1v) is 7.09. The van der Waals surface area contributed by atoms with Gasteiger partial charge in [0.15, 0.2) is 0 Å². The molecular formula is C16H20N2O2. The highest BCUT2D eigenvalue weighted by atomic mass is 16.5. The van der Waals surface area contributed by atoms with E-state index in [1.165, 1.54) is 0 Å². The zero-order valence-corrected chi connectivity index (χ0v) is 11.8. The van der Waals surface area contributed by atoms with Crippen molar-refractivity contribution in [3.63, 3.8) is 0 Å². The first kappa shape index (κ1) is 13.2. The second kappa shape index (κ2) is 5.67. The predicted molar refractivity (Wildman–Crippen MR) is 78.6 cm³/mol. The molecule has 1 atom stereocenters. The lowest BCUT2D eigenvalue weighted by molar-refractivity contribution is -0.129. The summed E-state index contributed by atoms with van der Waals surface area (Å²) in [7, 11) is 1.72. The van der Waals surface area contributed by atoms with Crippen molar-refractivity contribution in [3.8, 4) is 0 Å². The monoisotopic (exact) mass is 272 g/mol. The van der Waals surface area contributed by atoms with Crippen LogP contribution in [0.3, 0.4) is 0 Å². The van der Waals surface area contributed by atoms with Crippen LogP contribution in [-0.4, -0.2) is 42.6 Å². The number of aromatic nitrogens is 1. The van der Waals surface area contributed by atoms with Crippen LogP contribution >= 0.6 is 0 Å². The molecule has 1 aliphatic rings. The highest BCUT2D eigenvalue weighted by Gasteiger charge is 2.26. The molecule has 1 amide bonds. The minimum atomic E-state index is 0.216. The van der Waals surface area contributed by atoms with Crippen molar-refractivity contribution < 1.29 is 9.53 Å². The molecule has 0 radical (unpaired) electrons. The van der Waals surface area contributed by atoms with Crippen LogP contribution in [0.2, 0.25) is 0 Å². The van der Waals surface area contributed by atoms with Gasteiger partial charge >= 0.3 is 0 Å². The zero-order chi connectivity index (χ0) is 13.9. The maximum absolute atomic E-state index is 12.4. The Morgan fingerprint density at radius 2 is 2.30 bits per heavy atom. The number of nitrogens with one attached hydrogen (secondary N) is 1. The number of nitrogens with zero attached hydrogens (tertiary/aromatic N) is 1. The van der Waals surface area contributed by atoms with E-state index in [2.05, 4.69) is 11.1 Å². The number of H-pyrrole nitrogens is 1. The Morgan fingerprint density at radius 1 is 1.45 bits per heavy atom. The molecule has 4 heteroatoms. The summed E-state index contributed by atoms with van der Waals surface area (Å²) in [6.07, 6.45) is 3.47. The number of para-hydroxylation sites is 1. The molecule has 1 unspecified atom stereocenters. The van der Waals surface area contributed by atoms with E-state index in [0.717, 1.165) is 42.6 Å². The van der Waals surface area contributed by atoms with Gasteiger partial charge in [0.1, 0.15) is 0 Å². The summed E-state index contributed by atoms with van der Waals surface area (Å²) in [5, 5.41) is 1.15. The van der Waals surface area contributed by atoms with Crippen LogP contribution in [-0.2, 0) is 16.0 Å². The molecule has 20 heavy (non-hydrogen) atoms. The lowest BCUT2D eigenvalue weighted by Crippen LogP contribution is -2.30. The summed E-state index contributed by atoms with van der Waals surface area (Å²) in [6, 6.07) is 8.11. The third-order valence-corrected chi connectivity index (χ3v) is 4.06. The minimum absolute atomic E-state index is 0.216. The van der Waals surface area contributed by atoms with E-state index in [4.69, 9.17) is 4.74 Å². The van der Waals surface area contributed by atoms with Gasteiger partial charge in [0, 0.05) is 43.2 Å². The van der Waals surface area contributed by atoms with Gasteiger partial charge < -0.3 is 14.6 Å². The normalized spacial score (nSPS) is 18.9. The number of hydrogen-bond donors (Lipinski definition) is 1. The summed E-state index contributed by atoms with van der Waals surface area (Å²) in [4.78, 5) is 17.6. The smallest absolute Gasteiger partial charge is 0.227 e. The number of rotatable bonds is 4. The molecule has 106 valence electrons. The molecule has 1 N–H and O–H groups in total. The first-order valence-electron chi connectivity index (χ1n) is 7.09. The molecule has 2 aromatic rings. The summed E-state index contributed by atoms with van der Waals surface area (Å²) < 4.78 is 5.17. The lowest BCUT2D eigenvalue weighted by Gasteiger charge is -2.16. The largest absolute Gasteiger partial charge is 0.384 e. The van der Waals surface area contributed by atoms with E-state index in [-0.39, 0.29) is 5.91 Å². The third-order valence-electron chi connectivity index (χ3n) is 4.06. The summed E-state index contributed by atoms with van der Waals surface area (Å²) >= 11 is 0. The van der Waals surface area contributed by atoms with E-state index in [0.29, 0.717) is 12.3 Å². The topological polar surface area (TPSA) is 45.3 Å². The number of hydrogen-bond acceptors (Lipinski definition) is 2. The van der Waals surface area contributed by atoms with E-state index < -0.39 is 0 Å². The molecule has 0 bridgehead atoms. The molecule has 3 rings (SSSR count). The van der Waals surface area contributed by atoms with Crippen molar-refractivity contribution >= 4 is 16.8 Å². The van der Waals surface area contributed by atoms with Crippen LogP contribution in [0.1, 0.15) is 12.0 Å². The van der Waals surface area contributed by atoms with Crippen LogP contribution in [0.4, 0.5) is 0 Å². The fourth-order valence-electron chi connectivity index (χ4n) is 2.98.